The van der Waals surface area contributed by atoms with Crippen molar-refractivity contribution in [1.82, 2.24) is 10.3 Å². The number of esters is 1. The maximum Gasteiger partial charge on any atom is 0.336 e. The topological polar surface area (TPSA) is 68.3 Å². The minimum atomic E-state index is -1.91. The smallest absolute Gasteiger partial charge is 0.336 e. The van der Waals surface area contributed by atoms with Crippen LogP contribution in [0.1, 0.15) is 23.0 Å². The van der Waals surface area contributed by atoms with Gasteiger partial charge in [-0.2, -0.15) is 0 Å². The number of hydrogen-bond donors (Lipinski definition) is 1. The van der Waals surface area contributed by atoms with Gasteiger partial charge in [-0.1, -0.05) is 6.07 Å². The number of hydrogen-bond acceptors (Lipinski definition) is 4. The van der Waals surface area contributed by atoms with Crippen LogP contribution in [0.2, 0.25) is 0 Å². The van der Waals surface area contributed by atoms with Crippen LogP contribution in [0.15, 0.2) is 42.6 Å². The van der Waals surface area contributed by atoms with E-state index in [2.05, 4.69) is 15.0 Å². The number of carbonyl (C=O) groups excluding carboxylic acids is 2. The minimum Gasteiger partial charge on any atom is -0.467 e. The molecule has 0 saturated heterocycles. The lowest BCUT2D eigenvalue weighted by Gasteiger charge is -2.28. The largest absolute Gasteiger partial charge is 0.467 e. The summed E-state index contributed by atoms with van der Waals surface area (Å²) in [5.41, 5.74) is -2.22. The van der Waals surface area contributed by atoms with Crippen molar-refractivity contribution in [3.05, 3.63) is 65.5 Å². The number of ether oxygens (including phenoxy) is 1. The summed E-state index contributed by atoms with van der Waals surface area (Å²) in [6, 6.07) is 7.25. The van der Waals surface area contributed by atoms with E-state index in [1.807, 2.05) is 0 Å². The van der Waals surface area contributed by atoms with E-state index in [9.17, 15) is 18.4 Å². The van der Waals surface area contributed by atoms with Gasteiger partial charge >= 0.3 is 5.97 Å². The second-order valence-corrected chi connectivity index (χ2v) is 4.91. The van der Waals surface area contributed by atoms with E-state index in [1.165, 1.54) is 19.2 Å². The number of nitrogens with one attached hydrogen (secondary N) is 1. The molecule has 1 amide bonds. The molecule has 7 heteroatoms. The highest BCUT2D eigenvalue weighted by Gasteiger charge is 2.41. The van der Waals surface area contributed by atoms with Gasteiger partial charge < -0.3 is 10.1 Å². The van der Waals surface area contributed by atoms with Gasteiger partial charge in [0.15, 0.2) is 5.54 Å². The number of methoxy groups -OCH3 is 1. The summed E-state index contributed by atoms with van der Waals surface area (Å²) < 4.78 is 32.2. The summed E-state index contributed by atoms with van der Waals surface area (Å²) in [5.74, 6) is -3.25. The lowest BCUT2D eigenvalue weighted by molar-refractivity contribution is -0.148. The van der Waals surface area contributed by atoms with Crippen molar-refractivity contribution in [3.63, 3.8) is 0 Å². The molecular formula is C16H14F2N2O3. The molecule has 0 radical (unpaired) electrons. The highest BCUT2D eigenvalue weighted by atomic mass is 19.1. The average molecular weight is 320 g/mol. The van der Waals surface area contributed by atoms with Crippen molar-refractivity contribution >= 4 is 11.9 Å². The molecule has 1 N–H and O–H groups in total. The Labute approximate surface area is 131 Å². The highest BCUT2D eigenvalue weighted by molar-refractivity contribution is 5.97. The molecule has 0 saturated carbocycles. The van der Waals surface area contributed by atoms with E-state index >= 15 is 0 Å². The van der Waals surface area contributed by atoms with Crippen LogP contribution in [0, 0.1) is 11.6 Å². The fraction of sp³-hybridized carbons (Fsp3) is 0.188. The molecule has 5 nitrogen and oxygen atoms in total. The number of carbonyl (C=O) groups is 2. The quantitative estimate of drug-likeness (QED) is 0.877. The van der Waals surface area contributed by atoms with Gasteiger partial charge in [-0.15, -0.1) is 0 Å². The predicted molar refractivity (Wildman–Crippen MR) is 77.4 cm³/mol. The number of pyridine rings is 1. The van der Waals surface area contributed by atoms with Gasteiger partial charge in [-0.3, -0.25) is 9.78 Å². The molecule has 2 rings (SSSR count). The van der Waals surface area contributed by atoms with Crippen molar-refractivity contribution in [3.8, 4) is 0 Å². The summed E-state index contributed by atoms with van der Waals surface area (Å²) in [6.45, 7) is 1.23. The maximum absolute atomic E-state index is 14.1. The first-order valence-electron chi connectivity index (χ1n) is 6.66. The first kappa shape index (κ1) is 16.5. The molecule has 0 aliphatic heterocycles. The molecule has 0 unspecified atom stereocenters. The van der Waals surface area contributed by atoms with Crippen LogP contribution in [-0.2, 0) is 15.1 Å². The Kier molecular flexibility index (Phi) is 4.68. The van der Waals surface area contributed by atoms with Crippen molar-refractivity contribution in [2.24, 2.45) is 0 Å². The van der Waals surface area contributed by atoms with Crippen LogP contribution >= 0.6 is 0 Å². The first-order valence-corrected chi connectivity index (χ1v) is 6.66. The number of amides is 1. The molecule has 1 heterocycles. The van der Waals surface area contributed by atoms with E-state index in [0.717, 1.165) is 25.3 Å². The summed E-state index contributed by atoms with van der Waals surface area (Å²) in [4.78, 5) is 28.2. The zero-order valence-corrected chi connectivity index (χ0v) is 12.5. The number of rotatable bonds is 4. The standard InChI is InChI=1S/C16H14F2N2O3/c1-16(15(22)23-2,11-9-10(17)6-7-12(11)18)20-14(21)13-5-3-4-8-19-13/h3-9H,1-2H3,(H,20,21)/t16-/m0/s1. The Bertz CT molecular complexity index is 737. The van der Waals surface area contributed by atoms with Crippen LogP contribution in [0.5, 0.6) is 0 Å². The molecule has 0 bridgehead atoms. The van der Waals surface area contributed by atoms with Crippen LogP contribution < -0.4 is 5.32 Å². The van der Waals surface area contributed by atoms with Gasteiger partial charge in [0.1, 0.15) is 17.3 Å². The molecule has 0 spiro atoms. The lowest BCUT2D eigenvalue weighted by Crippen LogP contribution is -2.51. The fourth-order valence-electron chi connectivity index (χ4n) is 2.10. The van der Waals surface area contributed by atoms with Crippen LogP contribution in [0.3, 0.4) is 0 Å². The molecule has 120 valence electrons. The second kappa shape index (κ2) is 6.51. The van der Waals surface area contributed by atoms with Gasteiger partial charge in [0.2, 0.25) is 0 Å². The third kappa shape index (κ3) is 3.33. The molecule has 1 aromatic heterocycles. The normalized spacial score (nSPS) is 13.0. The molecular weight excluding hydrogens is 306 g/mol. The van der Waals surface area contributed by atoms with E-state index in [1.54, 1.807) is 12.1 Å². The zero-order chi connectivity index (χ0) is 17.0. The van der Waals surface area contributed by atoms with Crippen molar-refractivity contribution in [2.45, 2.75) is 12.5 Å². The molecule has 1 atom stereocenters. The summed E-state index contributed by atoms with van der Waals surface area (Å²) in [5, 5.41) is 2.36. The SMILES string of the molecule is COC(=O)[C@@](C)(NC(=O)c1ccccn1)c1cc(F)ccc1F. The van der Waals surface area contributed by atoms with E-state index < -0.39 is 29.0 Å². The Morgan fingerprint density at radius 3 is 2.57 bits per heavy atom. The predicted octanol–water partition coefficient (Wildman–Crippen LogP) is 2.18. The Morgan fingerprint density at radius 1 is 1.22 bits per heavy atom. The van der Waals surface area contributed by atoms with Crippen LogP contribution in [0.4, 0.5) is 8.78 Å². The van der Waals surface area contributed by atoms with Gasteiger partial charge in [0.05, 0.1) is 7.11 Å². The Balaban J connectivity index is 2.46. The van der Waals surface area contributed by atoms with Crippen LogP contribution in [0.25, 0.3) is 0 Å². The summed E-state index contributed by atoms with van der Waals surface area (Å²) in [7, 11) is 1.09. The molecule has 1 aromatic carbocycles. The summed E-state index contributed by atoms with van der Waals surface area (Å²) >= 11 is 0. The number of aromatic nitrogens is 1. The van der Waals surface area contributed by atoms with Gasteiger partial charge in [-0.25, -0.2) is 13.6 Å². The Morgan fingerprint density at radius 2 is 1.96 bits per heavy atom. The van der Waals surface area contributed by atoms with Crippen molar-refractivity contribution < 1.29 is 23.1 Å². The van der Waals surface area contributed by atoms with Crippen molar-refractivity contribution in [2.75, 3.05) is 7.11 Å². The Hall–Kier alpha value is -2.83. The molecule has 23 heavy (non-hydrogen) atoms. The minimum absolute atomic E-state index is 0.0273. The fourth-order valence-corrected chi connectivity index (χ4v) is 2.10. The third-order valence-electron chi connectivity index (χ3n) is 3.32. The van der Waals surface area contributed by atoms with Crippen LogP contribution in [-0.4, -0.2) is 24.0 Å². The molecule has 0 fully saturated rings. The summed E-state index contributed by atoms with van der Waals surface area (Å²) in [6.07, 6.45) is 1.40. The second-order valence-electron chi connectivity index (χ2n) is 4.91. The van der Waals surface area contributed by atoms with Crippen molar-refractivity contribution in [1.29, 1.82) is 0 Å². The van der Waals surface area contributed by atoms with E-state index in [4.69, 9.17) is 0 Å². The monoisotopic (exact) mass is 320 g/mol. The van der Waals surface area contributed by atoms with Gasteiger partial charge in [0, 0.05) is 11.8 Å². The van der Waals surface area contributed by atoms with E-state index in [0.29, 0.717) is 0 Å². The highest BCUT2D eigenvalue weighted by Crippen LogP contribution is 2.26. The lowest BCUT2D eigenvalue weighted by atomic mass is 9.91. The molecule has 2 aromatic rings. The number of halogens is 2. The zero-order valence-electron chi connectivity index (χ0n) is 12.5. The first-order chi connectivity index (χ1) is 10.9. The molecule has 0 aliphatic rings. The van der Waals surface area contributed by atoms with Gasteiger partial charge in [0.25, 0.3) is 5.91 Å². The number of nitrogens with zero attached hydrogens (tertiary/aromatic N) is 1. The maximum atomic E-state index is 14.1. The van der Waals surface area contributed by atoms with E-state index in [-0.39, 0.29) is 11.3 Å². The third-order valence-corrected chi connectivity index (χ3v) is 3.32. The number of benzene rings is 1. The van der Waals surface area contributed by atoms with Gasteiger partial charge in [-0.05, 0) is 37.3 Å². The molecule has 0 aliphatic carbocycles. The average Bonchev–Trinajstić information content (AvgIpc) is 2.56.